The number of amides is 2. The highest BCUT2D eigenvalue weighted by molar-refractivity contribution is 6.35. The van der Waals surface area contributed by atoms with Crippen molar-refractivity contribution in [3.63, 3.8) is 0 Å². The molecule has 0 bridgehead atoms. The molecule has 2 aromatic carbocycles. The van der Waals surface area contributed by atoms with Gasteiger partial charge in [-0.15, -0.1) is 0 Å². The second kappa shape index (κ2) is 8.05. The van der Waals surface area contributed by atoms with Crippen molar-refractivity contribution in [2.24, 2.45) is 5.92 Å². The molecule has 2 heterocycles. The van der Waals surface area contributed by atoms with Gasteiger partial charge in [-0.3, -0.25) is 14.5 Å². The van der Waals surface area contributed by atoms with E-state index in [1.54, 1.807) is 18.2 Å². The third-order valence-corrected chi connectivity index (χ3v) is 6.33. The van der Waals surface area contributed by atoms with E-state index >= 15 is 0 Å². The normalized spacial score (nSPS) is 18.0. The predicted octanol–water partition coefficient (Wildman–Crippen LogP) is 4.45. The van der Waals surface area contributed by atoms with Crippen LogP contribution in [-0.4, -0.2) is 34.7 Å². The molecule has 4 nitrogen and oxygen atoms in total. The molecule has 5 heteroatoms. The Balaban J connectivity index is 1.76. The van der Waals surface area contributed by atoms with E-state index in [2.05, 4.69) is 6.92 Å². The van der Waals surface area contributed by atoms with Crippen LogP contribution in [0.2, 0.25) is 0 Å². The zero-order valence-electron chi connectivity index (χ0n) is 17.7. The fourth-order valence-electron chi connectivity index (χ4n) is 4.19. The van der Waals surface area contributed by atoms with Crippen LogP contribution in [0.5, 0.6) is 0 Å². The highest BCUT2D eigenvalue weighted by atomic mass is 19.1. The van der Waals surface area contributed by atoms with Gasteiger partial charge in [0, 0.05) is 18.7 Å². The number of piperidine rings is 1. The maximum Gasteiger partial charge on any atom is 0.278 e. The molecule has 1 fully saturated rings. The lowest BCUT2D eigenvalue weighted by atomic mass is 9.96. The molecule has 156 valence electrons. The minimum absolute atomic E-state index is 0.0631. The summed E-state index contributed by atoms with van der Waals surface area (Å²) in [6, 6.07) is 12.1. The van der Waals surface area contributed by atoms with Crippen LogP contribution in [-0.2, 0) is 16.1 Å². The summed E-state index contributed by atoms with van der Waals surface area (Å²) in [6.45, 7) is 7.66. The zero-order chi connectivity index (χ0) is 21.4. The predicted molar refractivity (Wildman–Crippen MR) is 115 cm³/mol. The van der Waals surface area contributed by atoms with E-state index in [9.17, 15) is 14.0 Å². The molecule has 2 aliphatic rings. The molecule has 0 aromatic heterocycles. The molecule has 0 spiro atoms. The number of imide groups is 1. The molecule has 0 N–H and O–H groups in total. The summed E-state index contributed by atoms with van der Waals surface area (Å²) in [5.74, 6) is -0.481. The van der Waals surface area contributed by atoms with Crippen molar-refractivity contribution in [1.82, 2.24) is 9.80 Å². The first-order valence-corrected chi connectivity index (χ1v) is 10.5. The first-order chi connectivity index (χ1) is 14.4. The van der Waals surface area contributed by atoms with Crippen molar-refractivity contribution in [3.05, 3.63) is 76.2 Å². The van der Waals surface area contributed by atoms with E-state index in [0.717, 1.165) is 42.6 Å². The number of rotatable bonds is 4. The Hall–Kier alpha value is -2.95. The minimum Gasteiger partial charge on any atom is -0.366 e. The van der Waals surface area contributed by atoms with Crippen LogP contribution >= 0.6 is 0 Å². The average Bonchev–Trinajstić information content (AvgIpc) is 2.97. The number of benzene rings is 2. The second-order valence-corrected chi connectivity index (χ2v) is 8.48. The molecule has 1 saturated heterocycles. The summed E-state index contributed by atoms with van der Waals surface area (Å²) in [4.78, 5) is 30.1. The number of carbonyl (C=O) groups is 2. The molecule has 30 heavy (non-hydrogen) atoms. The van der Waals surface area contributed by atoms with Gasteiger partial charge in [0.1, 0.15) is 11.5 Å². The Bertz CT molecular complexity index is 1040. The minimum atomic E-state index is -0.411. The Morgan fingerprint density at radius 2 is 1.67 bits per heavy atom. The van der Waals surface area contributed by atoms with Crippen LogP contribution in [0.3, 0.4) is 0 Å². The zero-order valence-corrected chi connectivity index (χ0v) is 17.7. The summed E-state index contributed by atoms with van der Waals surface area (Å²) in [5, 5.41) is 0. The number of carbonyl (C=O) groups excluding carboxylic acids is 2. The van der Waals surface area contributed by atoms with Gasteiger partial charge in [-0.05, 0) is 55.4 Å². The van der Waals surface area contributed by atoms with Crippen LogP contribution in [0.25, 0.3) is 5.57 Å². The number of hydrogen-bond donors (Lipinski definition) is 0. The molecule has 0 atom stereocenters. The molecular formula is C25H27FN2O2. The van der Waals surface area contributed by atoms with E-state index < -0.39 is 5.82 Å². The third-order valence-electron chi connectivity index (χ3n) is 6.33. The van der Waals surface area contributed by atoms with Gasteiger partial charge in [-0.25, -0.2) is 4.39 Å². The van der Waals surface area contributed by atoms with Crippen molar-refractivity contribution in [1.29, 1.82) is 0 Å². The summed E-state index contributed by atoms with van der Waals surface area (Å²) in [5.41, 5.74) is 4.20. The molecular weight excluding hydrogens is 379 g/mol. The van der Waals surface area contributed by atoms with E-state index in [1.165, 1.54) is 11.0 Å². The topological polar surface area (TPSA) is 40.6 Å². The van der Waals surface area contributed by atoms with Crippen LogP contribution in [0.4, 0.5) is 4.39 Å². The maximum atomic E-state index is 14.2. The Labute approximate surface area is 177 Å². The number of nitrogens with zero attached hydrogens (tertiary/aromatic N) is 2. The molecule has 2 aromatic rings. The molecule has 4 rings (SSSR count). The lowest BCUT2D eigenvalue weighted by molar-refractivity contribution is -0.138. The fourth-order valence-corrected chi connectivity index (χ4v) is 4.19. The van der Waals surface area contributed by atoms with E-state index in [4.69, 9.17) is 0 Å². The van der Waals surface area contributed by atoms with Crippen molar-refractivity contribution >= 4 is 17.4 Å². The van der Waals surface area contributed by atoms with E-state index in [-0.39, 0.29) is 18.4 Å². The smallest absolute Gasteiger partial charge is 0.278 e. The van der Waals surface area contributed by atoms with Gasteiger partial charge >= 0.3 is 0 Å². The molecule has 2 aliphatic heterocycles. The van der Waals surface area contributed by atoms with Crippen molar-refractivity contribution in [3.8, 4) is 0 Å². The van der Waals surface area contributed by atoms with Crippen molar-refractivity contribution < 1.29 is 14.0 Å². The molecule has 0 saturated carbocycles. The first kappa shape index (κ1) is 20.3. The highest BCUT2D eigenvalue weighted by Gasteiger charge is 2.42. The van der Waals surface area contributed by atoms with Crippen LogP contribution < -0.4 is 0 Å². The summed E-state index contributed by atoms with van der Waals surface area (Å²) in [7, 11) is 0. The monoisotopic (exact) mass is 406 g/mol. The Morgan fingerprint density at radius 1 is 0.967 bits per heavy atom. The largest absolute Gasteiger partial charge is 0.366 e. The number of aryl methyl sites for hydroxylation is 2. The van der Waals surface area contributed by atoms with Crippen LogP contribution in [0, 0.1) is 25.6 Å². The van der Waals surface area contributed by atoms with Crippen LogP contribution in [0.15, 0.2) is 48.2 Å². The molecule has 2 amide bonds. The Morgan fingerprint density at radius 3 is 2.33 bits per heavy atom. The van der Waals surface area contributed by atoms with Crippen molar-refractivity contribution in [2.45, 2.75) is 40.2 Å². The van der Waals surface area contributed by atoms with E-state index in [0.29, 0.717) is 22.8 Å². The maximum absolute atomic E-state index is 14.2. The van der Waals surface area contributed by atoms with Gasteiger partial charge in [0.15, 0.2) is 0 Å². The quantitative estimate of drug-likeness (QED) is 0.704. The molecule has 0 aliphatic carbocycles. The lowest BCUT2D eigenvalue weighted by Crippen LogP contribution is -2.38. The highest BCUT2D eigenvalue weighted by Crippen LogP contribution is 2.35. The lowest BCUT2D eigenvalue weighted by Gasteiger charge is -2.32. The van der Waals surface area contributed by atoms with Crippen molar-refractivity contribution in [2.75, 3.05) is 13.1 Å². The summed E-state index contributed by atoms with van der Waals surface area (Å²) >= 11 is 0. The third kappa shape index (κ3) is 3.64. The molecule has 0 radical (unpaired) electrons. The van der Waals surface area contributed by atoms with Gasteiger partial charge in [-0.1, -0.05) is 43.3 Å². The second-order valence-electron chi connectivity index (χ2n) is 8.48. The Kier molecular flexibility index (Phi) is 5.46. The van der Waals surface area contributed by atoms with Gasteiger partial charge in [0.05, 0.1) is 12.1 Å². The summed E-state index contributed by atoms with van der Waals surface area (Å²) < 4.78 is 14.2. The van der Waals surface area contributed by atoms with Gasteiger partial charge in [0.2, 0.25) is 0 Å². The van der Waals surface area contributed by atoms with Gasteiger partial charge in [-0.2, -0.15) is 0 Å². The molecule has 0 unspecified atom stereocenters. The SMILES string of the molecule is Cc1ccc(C2=C(N3CCC(C)CC3)C(=O)N(Cc3ccccc3F)C2=O)cc1C. The average molecular weight is 407 g/mol. The van der Waals surface area contributed by atoms with Gasteiger partial charge < -0.3 is 4.90 Å². The standard InChI is InChI=1S/C25H27FN2O2/c1-16-10-12-27(13-11-16)23-22(19-9-8-17(2)18(3)14-19)24(29)28(25(23)30)15-20-6-4-5-7-21(20)26/h4-9,14,16H,10-13,15H2,1-3H3. The van der Waals surface area contributed by atoms with Gasteiger partial charge in [0.25, 0.3) is 11.8 Å². The number of hydrogen-bond acceptors (Lipinski definition) is 3. The van der Waals surface area contributed by atoms with E-state index in [1.807, 2.05) is 36.9 Å². The first-order valence-electron chi connectivity index (χ1n) is 10.5. The van der Waals surface area contributed by atoms with Crippen LogP contribution in [0.1, 0.15) is 42.0 Å². The fraction of sp³-hybridized carbons (Fsp3) is 0.360. The number of halogens is 1. The number of likely N-dealkylation sites (tertiary alicyclic amines) is 1. The summed E-state index contributed by atoms with van der Waals surface area (Å²) in [6.07, 6.45) is 1.97.